The molecule has 1 atom stereocenters. The highest BCUT2D eigenvalue weighted by molar-refractivity contribution is 5.96. The fraction of sp³-hybridized carbons (Fsp3) is 0.556. The largest absolute Gasteiger partial charge is 0.353 e. The SMILES string of the molecule is Cc1nn(C(C)C)c(C)c1C(=O)N[C@@H]1CCCN(c2cnccn2)C1. The Labute approximate surface area is 148 Å². The summed E-state index contributed by atoms with van der Waals surface area (Å²) in [5.74, 6) is 0.828. The van der Waals surface area contributed by atoms with E-state index in [0.29, 0.717) is 5.56 Å². The Morgan fingerprint density at radius 3 is 2.76 bits per heavy atom. The summed E-state index contributed by atoms with van der Waals surface area (Å²) in [6.45, 7) is 9.69. The molecule has 3 heterocycles. The maximum atomic E-state index is 12.8. The molecule has 7 nitrogen and oxygen atoms in total. The molecular weight excluding hydrogens is 316 g/mol. The number of aromatic nitrogens is 4. The minimum atomic E-state index is -0.0344. The molecule has 1 aliphatic rings. The molecule has 1 aliphatic heterocycles. The van der Waals surface area contributed by atoms with E-state index in [1.54, 1.807) is 18.6 Å². The quantitative estimate of drug-likeness (QED) is 0.922. The van der Waals surface area contributed by atoms with Gasteiger partial charge in [0.15, 0.2) is 0 Å². The molecule has 0 aromatic carbocycles. The number of carbonyl (C=O) groups is 1. The Bertz CT molecular complexity index is 740. The van der Waals surface area contributed by atoms with E-state index in [4.69, 9.17) is 0 Å². The fourth-order valence-electron chi connectivity index (χ4n) is 3.51. The molecular formula is C18H26N6O. The van der Waals surface area contributed by atoms with Crippen LogP contribution < -0.4 is 10.2 Å². The molecule has 0 unspecified atom stereocenters. The maximum Gasteiger partial charge on any atom is 0.255 e. The highest BCUT2D eigenvalue weighted by atomic mass is 16.1. The smallest absolute Gasteiger partial charge is 0.255 e. The fourth-order valence-corrected chi connectivity index (χ4v) is 3.51. The summed E-state index contributed by atoms with van der Waals surface area (Å²) in [6, 6.07) is 0.339. The van der Waals surface area contributed by atoms with Crippen LogP contribution in [0.1, 0.15) is 54.5 Å². The second kappa shape index (κ2) is 7.21. The zero-order valence-electron chi connectivity index (χ0n) is 15.4. The third kappa shape index (κ3) is 3.65. The van der Waals surface area contributed by atoms with Gasteiger partial charge < -0.3 is 10.2 Å². The van der Waals surface area contributed by atoms with Crippen LogP contribution in [0.2, 0.25) is 0 Å². The third-order valence-electron chi connectivity index (χ3n) is 4.67. The van der Waals surface area contributed by atoms with Crippen molar-refractivity contribution in [1.29, 1.82) is 0 Å². The molecule has 25 heavy (non-hydrogen) atoms. The zero-order chi connectivity index (χ0) is 18.0. The zero-order valence-corrected chi connectivity index (χ0v) is 15.4. The van der Waals surface area contributed by atoms with Crippen LogP contribution in [0.25, 0.3) is 0 Å². The molecule has 0 saturated carbocycles. The highest BCUT2D eigenvalue weighted by Crippen LogP contribution is 2.20. The van der Waals surface area contributed by atoms with E-state index >= 15 is 0 Å². The Morgan fingerprint density at radius 1 is 1.32 bits per heavy atom. The third-order valence-corrected chi connectivity index (χ3v) is 4.67. The van der Waals surface area contributed by atoms with E-state index in [1.807, 2.05) is 18.5 Å². The first-order valence-corrected chi connectivity index (χ1v) is 8.85. The van der Waals surface area contributed by atoms with Crippen molar-refractivity contribution in [2.45, 2.75) is 52.6 Å². The van der Waals surface area contributed by atoms with Crippen molar-refractivity contribution >= 4 is 11.7 Å². The van der Waals surface area contributed by atoms with Crippen molar-refractivity contribution in [3.8, 4) is 0 Å². The first-order valence-electron chi connectivity index (χ1n) is 8.85. The van der Waals surface area contributed by atoms with Crippen LogP contribution in [0.15, 0.2) is 18.6 Å². The average molecular weight is 342 g/mol. The topological polar surface area (TPSA) is 75.9 Å². The number of rotatable bonds is 4. The van der Waals surface area contributed by atoms with E-state index in [-0.39, 0.29) is 18.0 Å². The van der Waals surface area contributed by atoms with E-state index in [0.717, 1.165) is 43.1 Å². The number of hydrogen-bond acceptors (Lipinski definition) is 5. The highest BCUT2D eigenvalue weighted by Gasteiger charge is 2.26. The van der Waals surface area contributed by atoms with Crippen molar-refractivity contribution in [2.24, 2.45) is 0 Å². The molecule has 2 aromatic rings. The number of carbonyl (C=O) groups excluding carboxylic acids is 1. The number of aryl methyl sites for hydroxylation is 1. The second-order valence-electron chi connectivity index (χ2n) is 6.91. The van der Waals surface area contributed by atoms with Gasteiger partial charge in [-0.25, -0.2) is 4.98 Å². The number of amides is 1. The molecule has 1 amide bonds. The monoisotopic (exact) mass is 342 g/mol. The lowest BCUT2D eigenvalue weighted by Gasteiger charge is -2.33. The van der Waals surface area contributed by atoms with Gasteiger partial charge in [0.05, 0.1) is 17.5 Å². The molecule has 0 bridgehead atoms. The van der Waals surface area contributed by atoms with Gasteiger partial charge in [0.25, 0.3) is 5.91 Å². The van der Waals surface area contributed by atoms with Gasteiger partial charge in [-0.1, -0.05) is 0 Å². The van der Waals surface area contributed by atoms with Gasteiger partial charge in [-0.05, 0) is 40.5 Å². The Morgan fingerprint density at radius 2 is 2.12 bits per heavy atom. The second-order valence-corrected chi connectivity index (χ2v) is 6.91. The predicted molar refractivity (Wildman–Crippen MR) is 96.8 cm³/mol. The van der Waals surface area contributed by atoms with Crippen LogP contribution in [0, 0.1) is 13.8 Å². The van der Waals surface area contributed by atoms with Crippen LogP contribution in [0.3, 0.4) is 0 Å². The summed E-state index contributed by atoms with van der Waals surface area (Å²) in [6.07, 6.45) is 7.13. The summed E-state index contributed by atoms with van der Waals surface area (Å²) in [7, 11) is 0. The Kier molecular flexibility index (Phi) is 5.01. The summed E-state index contributed by atoms with van der Waals surface area (Å²) in [5.41, 5.74) is 2.40. The van der Waals surface area contributed by atoms with Crippen molar-refractivity contribution in [2.75, 3.05) is 18.0 Å². The number of nitrogens with one attached hydrogen (secondary N) is 1. The van der Waals surface area contributed by atoms with E-state index in [9.17, 15) is 4.79 Å². The lowest BCUT2D eigenvalue weighted by molar-refractivity contribution is 0.0931. The molecule has 0 radical (unpaired) electrons. The van der Waals surface area contributed by atoms with Crippen LogP contribution in [-0.2, 0) is 0 Å². The van der Waals surface area contributed by atoms with Gasteiger partial charge in [-0.3, -0.25) is 14.5 Å². The Hall–Kier alpha value is -2.44. The maximum absolute atomic E-state index is 12.8. The minimum Gasteiger partial charge on any atom is -0.353 e. The predicted octanol–water partition coefficient (Wildman–Crippen LogP) is 2.27. The van der Waals surface area contributed by atoms with Crippen LogP contribution >= 0.6 is 0 Å². The molecule has 134 valence electrons. The van der Waals surface area contributed by atoms with Gasteiger partial charge in [0.1, 0.15) is 5.82 Å². The normalized spacial score (nSPS) is 17.8. The van der Waals surface area contributed by atoms with Crippen LogP contribution in [0.4, 0.5) is 5.82 Å². The van der Waals surface area contributed by atoms with Crippen molar-refractivity contribution in [3.63, 3.8) is 0 Å². The minimum absolute atomic E-state index is 0.0344. The van der Waals surface area contributed by atoms with Gasteiger partial charge in [0.2, 0.25) is 0 Å². The standard InChI is InChI=1S/C18H26N6O/c1-12(2)24-14(4)17(13(3)22-24)18(25)21-15-6-5-9-23(11-15)16-10-19-7-8-20-16/h7-8,10,12,15H,5-6,9,11H2,1-4H3,(H,21,25)/t15-/m1/s1. The van der Waals surface area contributed by atoms with Crippen molar-refractivity contribution in [3.05, 3.63) is 35.5 Å². The summed E-state index contributed by atoms with van der Waals surface area (Å²) in [4.78, 5) is 23.5. The van der Waals surface area contributed by atoms with E-state index in [1.165, 1.54) is 0 Å². The summed E-state index contributed by atoms with van der Waals surface area (Å²) < 4.78 is 1.91. The number of piperidine rings is 1. The van der Waals surface area contributed by atoms with Crippen molar-refractivity contribution in [1.82, 2.24) is 25.1 Å². The molecule has 3 rings (SSSR count). The first kappa shape index (κ1) is 17.4. The van der Waals surface area contributed by atoms with Gasteiger partial charge in [0, 0.05) is 43.3 Å². The number of anilines is 1. The van der Waals surface area contributed by atoms with Gasteiger partial charge in [-0.2, -0.15) is 5.10 Å². The molecule has 1 N–H and O–H groups in total. The van der Waals surface area contributed by atoms with Crippen molar-refractivity contribution < 1.29 is 4.79 Å². The van der Waals surface area contributed by atoms with Crippen LogP contribution in [0.5, 0.6) is 0 Å². The molecule has 0 spiro atoms. The molecule has 0 aliphatic carbocycles. The molecule has 1 fully saturated rings. The molecule has 1 saturated heterocycles. The van der Waals surface area contributed by atoms with E-state index in [2.05, 4.69) is 39.1 Å². The first-order chi connectivity index (χ1) is 12.0. The van der Waals surface area contributed by atoms with Gasteiger partial charge in [-0.15, -0.1) is 0 Å². The Balaban J connectivity index is 1.71. The number of nitrogens with zero attached hydrogens (tertiary/aromatic N) is 5. The van der Waals surface area contributed by atoms with Crippen LogP contribution in [-0.4, -0.2) is 44.8 Å². The average Bonchev–Trinajstić information content (AvgIpc) is 2.90. The molecule has 7 heteroatoms. The lowest BCUT2D eigenvalue weighted by atomic mass is 10.0. The number of hydrogen-bond donors (Lipinski definition) is 1. The lowest BCUT2D eigenvalue weighted by Crippen LogP contribution is -2.48. The summed E-state index contributed by atoms with van der Waals surface area (Å²) in [5, 5.41) is 7.70. The van der Waals surface area contributed by atoms with Gasteiger partial charge >= 0.3 is 0 Å². The van der Waals surface area contributed by atoms with E-state index < -0.39 is 0 Å². The summed E-state index contributed by atoms with van der Waals surface area (Å²) >= 11 is 0. The molecule has 2 aromatic heterocycles.